The second-order valence-electron chi connectivity index (χ2n) is 7.62. The molecule has 1 unspecified atom stereocenters. The molecule has 0 bridgehead atoms. The van der Waals surface area contributed by atoms with Crippen molar-refractivity contribution in [3.05, 3.63) is 53.9 Å². The summed E-state index contributed by atoms with van der Waals surface area (Å²) < 4.78 is 2.09. The van der Waals surface area contributed by atoms with E-state index in [1.54, 1.807) is 0 Å². The fourth-order valence-corrected chi connectivity index (χ4v) is 4.83. The van der Waals surface area contributed by atoms with E-state index in [0.29, 0.717) is 11.2 Å². The third kappa shape index (κ3) is 5.12. The van der Waals surface area contributed by atoms with Crippen molar-refractivity contribution >= 4 is 29.6 Å². The lowest BCUT2D eigenvalue weighted by Crippen LogP contribution is -2.31. The summed E-state index contributed by atoms with van der Waals surface area (Å²) in [5, 5.41) is 20.6. The van der Waals surface area contributed by atoms with Crippen molar-refractivity contribution in [3.8, 4) is 0 Å². The van der Waals surface area contributed by atoms with Crippen LogP contribution in [0.4, 0.5) is 5.69 Å². The fraction of sp³-hybridized carbons (Fsp3) is 0.409. The predicted molar refractivity (Wildman–Crippen MR) is 119 cm³/mol. The van der Waals surface area contributed by atoms with E-state index in [2.05, 4.69) is 51.5 Å². The van der Waals surface area contributed by atoms with Gasteiger partial charge in [0.1, 0.15) is 5.03 Å². The molecule has 0 amide bonds. The van der Waals surface area contributed by atoms with E-state index < -0.39 is 0 Å². The molecule has 3 aromatic rings. The number of fused-ring (bicyclic) bond motifs is 1. The number of carboxylic acid groups (broad SMARTS) is 1. The first-order chi connectivity index (χ1) is 14.8. The van der Waals surface area contributed by atoms with Crippen molar-refractivity contribution in [2.24, 2.45) is 0 Å². The first kappa shape index (κ1) is 20.7. The number of nitrogens with one attached hydrogen (secondary N) is 2. The molecule has 2 aliphatic rings. The lowest BCUT2D eigenvalue weighted by atomic mass is 10.2. The minimum atomic E-state index is -0.250. The fourth-order valence-electron chi connectivity index (χ4n) is 3.69. The number of benzene rings is 1. The third-order valence-corrected chi connectivity index (χ3v) is 6.51. The molecule has 2 aromatic heterocycles. The summed E-state index contributed by atoms with van der Waals surface area (Å²) in [5.74, 6) is 0.631. The van der Waals surface area contributed by atoms with Crippen LogP contribution in [0.2, 0.25) is 0 Å². The van der Waals surface area contributed by atoms with Crippen molar-refractivity contribution in [3.63, 3.8) is 0 Å². The van der Waals surface area contributed by atoms with E-state index in [0.717, 1.165) is 36.0 Å². The van der Waals surface area contributed by atoms with Gasteiger partial charge in [0.25, 0.3) is 6.47 Å². The van der Waals surface area contributed by atoms with E-state index >= 15 is 0 Å². The molecule has 0 spiro atoms. The quantitative estimate of drug-likeness (QED) is 0.518. The number of piperidine rings is 1. The van der Waals surface area contributed by atoms with Crippen LogP contribution in [0.15, 0.2) is 47.6 Å². The van der Waals surface area contributed by atoms with Gasteiger partial charge in [-0.1, -0.05) is 42.1 Å². The lowest BCUT2D eigenvalue weighted by Gasteiger charge is -2.22. The first-order valence-electron chi connectivity index (χ1n) is 10.4. The highest BCUT2D eigenvalue weighted by molar-refractivity contribution is 7.99. The Morgan fingerprint density at radius 2 is 2.07 bits per heavy atom. The minimum absolute atomic E-state index is 0.250. The van der Waals surface area contributed by atoms with Crippen LogP contribution >= 0.6 is 11.8 Å². The Kier molecular flexibility index (Phi) is 6.86. The van der Waals surface area contributed by atoms with Crippen molar-refractivity contribution in [1.82, 2.24) is 19.9 Å². The molecule has 3 heterocycles. The molecule has 8 heteroatoms. The molecule has 1 saturated heterocycles. The molecule has 0 radical (unpaired) electrons. The van der Waals surface area contributed by atoms with Gasteiger partial charge in [-0.3, -0.25) is 4.79 Å². The summed E-state index contributed by atoms with van der Waals surface area (Å²) in [7, 11) is 0. The summed E-state index contributed by atoms with van der Waals surface area (Å²) in [4.78, 5) is 13.1. The number of nitrogens with zero attached hydrogens (tertiary/aromatic N) is 3. The lowest BCUT2D eigenvalue weighted by molar-refractivity contribution is -0.122. The maximum atomic E-state index is 8.36. The number of rotatable bonds is 6. The Hall–Kier alpha value is -2.58. The molecule has 1 aromatic carbocycles. The molecule has 2 fully saturated rings. The number of anilines is 1. The third-order valence-electron chi connectivity index (χ3n) is 5.33. The van der Waals surface area contributed by atoms with Crippen LogP contribution < -0.4 is 10.6 Å². The van der Waals surface area contributed by atoms with E-state index in [9.17, 15) is 0 Å². The Morgan fingerprint density at radius 1 is 1.27 bits per heavy atom. The zero-order valence-electron chi connectivity index (χ0n) is 16.8. The monoisotopic (exact) mass is 425 g/mol. The Morgan fingerprint density at radius 3 is 2.77 bits per heavy atom. The Bertz CT molecular complexity index is 968. The summed E-state index contributed by atoms with van der Waals surface area (Å²) in [6.07, 6.45) is 7.03. The van der Waals surface area contributed by atoms with Gasteiger partial charge in [0.15, 0.2) is 5.65 Å². The minimum Gasteiger partial charge on any atom is -0.483 e. The molecule has 1 saturated carbocycles. The van der Waals surface area contributed by atoms with Crippen LogP contribution in [0.1, 0.15) is 42.9 Å². The summed E-state index contributed by atoms with van der Waals surface area (Å²) >= 11 is 1.90. The van der Waals surface area contributed by atoms with Gasteiger partial charge in [-0.05, 0) is 43.9 Å². The molecule has 1 aliphatic heterocycles. The molecule has 7 nitrogen and oxygen atoms in total. The molecular formula is C22H27N5O2S. The highest BCUT2D eigenvalue weighted by Gasteiger charge is 2.28. The van der Waals surface area contributed by atoms with Gasteiger partial charge in [0.05, 0.1) is 17.6 Å². The average Bonchev–Trinajstić information content (AvgIpc) is 3.53. The van der Waals surface area contributed by atoms with E-state index in [-0.39, 0.29) is 6.47 Å². The van der Waals surface area contributed by atoms with Gasteiger partial charge in [-0.2, -0.15) is 5.10 Å². The summed E-state index contributed by atoms with van der Waals surface area (Å²) in [5.41, 5.74) is 4.55. The van der Waals surface area contributed by atoms with Crippen LogP contribution in [0, 0.1) is 0 Å². The van der Waals surface area contributed by atoms with Gasteiger partial charge in [-0.15, -0.1) is 0 Å². The number of carbonyl (C=O) groups is 1. The molecule has 1 aliphatic carbocycles. The first-order valence-corrected chi connectivity index (χ1v) is 11.3. The molecule has 158 valence electrons. The molecule has 30 heavy (non-hydrogen) atoms. The number of thioether (sulfide) groups is 1. The topological polar surface area (TPSA) is 91.5 Å². The van der Waals surface area contributed by atoms with Gasteiger partial charge >= 0.3 is 0 Å². The second kappa shape index (κ2) is 9.95. The van der Waals surface area contributed by atoms with E-state index in [1.165, 1.54) is 36.9 Å². The second-order valence-corrected chi connectivity index (χ2v) is 8.94. The highest BCUT2D eigenvalue weighted by atomic mass is 32.2. The largest absolute Gasteiger partial charge is 0.483 e. The number of hydrogen-bond donors (Lipinski definition) is 3. The maximum Gasteiger partial charge on any atom is 0.290 e. The molecule has 5 rings (SSSR count). The van der Waals surface area contributed by atoms with Gasteiger partial charge < -0.3 is 15.7 Å². The van der Waals surface area contributed by atoms with Gasteiger partial charge in [0.2, 0.25) is 0 Å². The van der Waals surface area contributed by atoms with Crippen LogP contribution in [-0.2, 0) is 11.3 Å². The van der Waals surface area contributed by atoms with Crippen molar-refractivity contribution in [2.75, 3.05) is 18.4 Å². The normalized spacial score (nSPS) is 18.5. The number of aromatic nitrogens is 3. The zero-order valence-corrected chi connectivity index (χ0v) is 17.6. The molecule has 1 atom stereocenters. The number of hydrogen-bond acceptors (Lipinski definition) is 6. The van der Waals surface area contributed by atoms with Crippen LogP contribution in [0.25, 0.3) is 5.65 Å². The standard InChI is InChI=1S/C21H25N5S.CH2O2/c1-2-5-15(6-3-1)12-23-18-11-20(27-17-7-4-10-22-13-17)25-26-19(16-8-9-16)14-24-21(18)26;2-1-3/h1-3,5-6,11,14,16-17,22-23H,4,7-10,12-13H2;1H,(H,2,3). The van der Waals surface area contributed by atoms with Gasteiger partial charge in [-0.25, -0.2) is 9.50 Å². The Labute approximate surface area is 180 Å². The maximum absolute atomic E-state index is 8.36. The van der Waals surface area contributed by atoms with Crippen molar-refractivity contribution in [2.45, 2.75) is 48.4 Å². The van der Waals surface area contributed by atoms with Crippen molar-refractivity contribution in [1.29, 1.82) is 0 Å². The van der Waals surface area contributed by atoms with Crippen LogP contribution in [-0.4, -0.2) is 44.5 Å². The SMILES string of the molecule is O=CO.c1ccc(CNc2cc(SC3CCCNC3)nn3c(C4CC4)cnc23)cc1. The zero-order chi connectivity index (χ0) is 20.8. The van der Waals surface area contributed by atoms with E-state index in [4.69, 9.17) is 20.0 Å². The Balaban J connectivity index is 0.000000687. The summed E-state index contributed by atoms with van der Waals surface area (Å²) in [6.45, 7) is 2.75. The smallest absolute Gasteiger partial charge is 0.290 e. The van der Waals surface area contributed by atoms with E-state index in [1.807, 2.05) is 18.0 Å². The van der Waals surface area contributed by atoms with Crippen LogP contribution in [0.5, 0.6) is 0 Å². The summed E-state index contributed by atoms with van der Waals surface area (Å²) in [6, 6.07) is 12.7. The van der Waals surface area contributed by atoms with Gasteiger partial charge in [0, 0.05) is 24.3 Å². The molecular weight excluding hydrogens is 398 g/mol. The predicted octanol–water partition coefficient (Wildman–Crippen LogP) is 3.76. The average molecular weight is 426 g/mol. The molecule has 3 N–H and O–H groups in total. The van der Waals surface area contributed by atoms with Crippen molar-refractivity contribution < 1.29 is 9.90 Å². The highest BCUT2D eigenvalue weighted by Crippen LogP contribution is 2.41. The number of imidazole rings is 1. The van der Waals surface area contributed by atoms with Crippen LogP contribution in [0.3, 0.4) is 0 Å².